The van der Waals surface area contributed by atoms with E-state index in [2.05, 4.69) is 0 Å². The summed E-state index contributed by atoms with van der Waals surface area (Å²) in [5, 5.41) is 17.8. The smallest absolute Gasteiger partial charge is 0.243 e. The summed E-state index contributed by atoms with van der Waals surface area (Å²) in [4.78, 5) is 11.1. The lowest BCUT2D eigenvalue weighted by molar-refractivity contribution is -0.129. The van der Waals surface area contributed by atoms with Gasteiger partial charge < -0.3 is 14.6 Å². The van der Waals surface area contributed by atoms with Crippen molar-refractivity contribution in [2.24, 2.45) is 0 Å². The Balaban J connectivity index is 1.38. The van der Waals surface area contributed by atoms with Gasteiger partial charge in [-0.3, -0.25) is 10.0 Å². The Morgan fingerprint density at radius 3 is 2.06 bits per heavy atom. The number of carbonyl (C=O) groups excluding carboxylic acids is 1. The molecule has 0 aromatic heterocycles. The van der Waals surface area contributed by atoms with Gasteiger partial charge in [-0.05, 0) is 65.9 Å². The van der Waals surface area contributed by atoms with Crippen molar-refractivity contribution in [1.29, 1.82) is 0 Å². The molecule has 0 aliphatic rings. The van der Waals surface area contributed by atoms with Crippen LogP contribution in [0.3, 0.4) is 0 Å². The Labute approximate surface area is 211 Å². The van der Waals surface area contributed by atoms with Crippen molar-refractivity contribution in [3.8, 4) is 22.6 Å². The van der Waals surface area contributed by atoms with E-state index in [0.717, 1.165) is 16.7 Å². The van der Waals surface area contributed by atoms with Crippen LogP contribution in [-0.2, 0) is 25.8 Å². The van der Waals surface area contributed by atoms with Crippen LogP contribution in [0.1, 0.15) is 24.8 Å². The van der Waals surface area contributed by atoms with Gasteiger partial charge in [-0.1, -0.05) is 36.4 Å². The monoisotopic (exact) mass is 513 g/mol. The highest BCUT2D eigenvalue weighted by molar-refractivity contribution is 7.91. The summed E-state index contributed by atoms with van der Waals surface area (Å²) in [6.07, 6.45) is 1.65. The van der Waals surface area contributed by atoms with Gasteiger partial charge in [-0.2, -0.15) is 0 Å². The van der Waals surface area contributed by atoms with E-state index in [0.29, 0.717) is 38.2 Å². The second kappa shape index (κ2) is 13.6. The van der Waals surface area contributed by atoms with Gasteiger partial charge in [0.05, 0.1) is 17.3 Å². The molecule has 3 aromatic rings. The summed E-state index contributed by atoms with van der Waals surface area (Å²) < 4.78 is 36.2. The van der Waals surface area contributed by atoms with E-state index in [1.807, 2.05) is 36.4 Å². The second-order valence-corrected chi connectivity index (χ2v) is 10.3. The lowest BCUT2D eigenvalue weighted by Crippen LogP contribution is -2.18. The number of nitrogens with one attached hydrogen (secondary N) is 1. The molecule has 192 valence electrons. The highest BCUT2D eigenvalue weighted by Crippen LogP contribution is 2.23. The van der Waals surface area contributed by atoms with E-state index in [9.17, 15) is 18.3 Å². The summed E-state index contributed by atoms with van der Waals surface area (Å²) in [6.45, 7) is 1.06. The number of hydrogen-bond acceptors (Lipinski definition) is 7. The minimum Gasteiger partial charge on any atom is -0.508 e. The van der Waals surface area contributed by atoms with Gasteiger partial charge in [-0.25, -0.2) is 13.9 Å². The fraction of sp³-hybridized carbons (Fsp3) is 0.296. The van der Waals surface area contributed by atoms with Gasteiger partial charge in [0, 0.05) is 26.1 Å². The van der Waals surface area contributed by atoms with Crippen molar-refractivity contribution in [3.05, 3.63) is 78.4 Å². The predicted molar refractivity (Wildman–Crippen MR) is 136 cm³/mol. The molecule has 36 heavy (non-hydrogen) atoms. The van der Waals surface area contributed by atoms with E-state index in [4.69, 9.17) is 14.7 Å². The van der Waals surface area contributed by atoms with Crippen LogP contribution in [-0.4, -0.2) is 50.2 Å². The Morgan fingerprint density at radius 1 is 0.806 bits per heavy atom. The molecule has 0 spiro atoms. The van der Waals surface area contributed by atoms with Gasteiger partial charge in [0.1, 0.15) is 11.5 Å². The van der Waals surface area contributed by atoms with Crippen molar-refractivity contribution in [2.75, 3.05) is 25.6 Å². The first kappa shape index (κ1) is 27.2. The molecule has 3 rings (SSSR count). The van der Waals surface area contributed by atoms with Gasteiger partial charge >= 0.3 is 0 Å². The van der Waals surface area contributed by atoms with Crippen molar-refractivity contribution in [1.82, 2.24) is 5.48 Å². The molecular formula is C27H31NO7S. The van der Waals surface area contributed by atoms with Gasteiger partial charge in [0.2, 0.25) is 5.91 Å². The third-order valence-electron chi connectivity index (χ3n) is 5.52. The minimum absolute atomic E-state index is 0.0372. The van der Waals surface area contributed by atoms with E-state index in [1.54, 1.807) is 41.9 Å². The number of rotatable bonds is 14. The molecule has 0 aliphatic carbocycles. The number of ether oxygens (including phenoxy) is 2. The van der Waals surface area contributed by atoms with E-state index >= 15 is 0 Å². The van der Waals surface area contributed by atoms with Crippen LogP contribution in [0, 0.1) is 0 Å². The molecular weight excluding hydrogens is 482 g/mol. The normalized spacial score (nSPS) is 11.2. The SMILES string of the molecule is O=C(CCCOCCCS(=O)(=O)c1ccc(OCCc2ccc(-c3ccc(O)cc3)cc2)cc1)NO. The molecule has 0 fully saturated rings. The zero-order valence-corrected chi connectivity index (χ0v) is 20.7. The molecule has 0 saturated heterocycles. The van der Waals surface area contributed by atoms with Crippen molar-refractivity contribution >= 4 is 15.7 Å². The first-order valence-corrected chi connectivity index (χ1v) is 13.4. The molecule has 0 heterocycles. The summed E-state index contributed by atoms with van der Waals surface area (Å²) in [5.74, 6) is 0.326. The standard InChI is InChI=1S/C27H31NO7S/c29-24-10-8-23(9-11-24)22-6-4-21(5-7-22)16-19-35-25-12-14-26(15-13-25)36(32,33)20-2-18-34-17-1-3-27(30)28-31/h4-15,29,31H,1-3,16-20H2,(H,28,30). The molecule has 0 bridgehead atoms. The van der Waals surface area contributed by atoms with E-state index in [1.165, 1.54) is 0 Å². The van der Waals surface area contributed by atoms with Crippen molar-refractivity contribution in [2.45, 2.75) is 30.6 Å². The molecule has 3 N–H and O–H groups in total. The number of carbonyl (C=O) groups is 1. The zero-order chi connectivity index (χ0) is 25.8. The minimum atomic E-state index is -3.43. The number of hydrogen-bond donors (Lipinski definition) is 3. The number of aromatic hydroxyl groups is 1. The third kappa shape index (κ3) is 8.67. The Hall–Kier alpha value is -3.40. The van der Waals surface area contributed by atoms with E-state index in [-0.39, 0.29) is 29.4 Å². The first-order valence-electron chi connectivity index (χ1n) is 11.7. The molecule has 8 nitrogen and oxygen atoms in total. The maximum absolute atomic E-state index is 12.5. The lowest BCUT2D eigenvalue weighted by Gasteiger charge is -2.09. The fourth-order valence-electron chi connectivity index (χ4n) is 3.51. The number of hydroxylamine groups is 1. The highest BCUT2D eigenvalue weighted by atomic mass is 32.2. The molecule has 0 unspecified atom stereocenters. The van der Waals surface area contributed by atoms with Crippen LogP contribution in [0.5, 0.6) is 11.5 Å². The summed E-state index contributed by atoms with van der Waals surface area (Å²) in [5.41, 5.74) is 4.76. The molecule has 0 radical (unpaired) electrons. The van der Waals surface area contributed by atoms with Crippen molar-refractivity contribution in [3.63, 3.8) is 0 Å². The Bertz CT molecular complexity index is 1190. The summed E-state index contributed by atoms with van der Waals surface area (Å²) in [6, 6.07) is 21.6. The highest BCUT2D eigenvalue weighted by Gasteiger charge is 2.14. The van der Waals surface area contributed by atoms with Crippen LogP contribution in [0.4, 0.5) is 0 Å². The van der Waals surface area contributed by atoms with Crippen LogP contribution in [0.2, 0.25) is 0 Å². The Kier molecular flexibility index (Phi) is 10.3. The van der Waals surface area contributed by atoms with Crippen molar-refractivity contribution < 1.29 is 33.0 Å². The largest absolute Gasteiger partial charge is 0.508 e. The topological polar surface area (TPSA) is 122 Å². The molecule has 1 amide bonds. The number of phenolic OH excluding ortho intramolecular Hbond substituents is 1. The quantitative estimate of drug-likeness (QED) is 0.168. The number of sulfone groups is 1. The molecule has 0 aliphatic heterocycles. The first-order chi connectivity index (χ1) is 17.4. The summed E-state index contributed by atoms with van der Waals surface area (Å²) >= 11 is 0. The summed E-state index contributed by atoms with van der Waals surface area (Å²) in [7, 11) is -3.43. The number of amides is 1. The van der Waals surface area contributed by atoms with Crippen LogP contribution in [0.25, 0.3) is 11.1 Å². The lowest BCUT2D eigenvalue weighted by atomic mass is 10.0. The fourth-order valence-corrected chi connectivity index (χ4v) is 4.79. The number of phenols is 1. The zero-order valence-electron chi connectivity index (χ0n) is 19.9. The van der Waals surface area contributed by atoms with Gasteiger partial charge in [0.25, 0.3) is 0 Å². The van der Waals surface area contributed by atoms with Crippen LogP contribution in [0.15, 0.2) is 77.7 Å². The third-order valence-corrected chi connectivity index (χ3v) is 7.33. The Morgan fingerprint density at radius 2 is 1.42 bits per heavy atom. The van der Waals surface area contributed by atoms with Gasteiger partial charge in [-0.15, -0.1) is 0 Å². The van der Waals surface area contributed by atoms with Crippen LogP contribution < -0.4 is 10.2 Å². The van der Waals surface area contributed by atoms with Crippen LogP contribution >= 0.6 is 0 Å². The predicted octanol–water partition coefficient (Wildman–Crippen LogP) is 4.15. The molecule has 0 atom stereocenters. The van der Waals surface area contributed by atoms with Gasteiger partial charge in [0.15, 0.2) is 9.84 Å². The molecule has 9 heteroatoms. The second-order valence-electron chi connectivity index (χ2n) is 8.24. The molecule has 3 aromatic carbocycles. The van der Waals surface area contributed by atoms with E-state index < -0.39 is 15.7 Å². The average molecular weight is 514 g/mol. The maximum Gasteiger partial charge on any atom is 0.243 e. The number of benzene rings is 3. The maximum atomic E-state index is 12.5. The molecule has 0 saturated carbocycles. The average Bonchev–Trinajstić information content (AvgIpc) is 2.89.